The van der Waals surface area contributed by atoms with Crippen molar-refractivity contribution in [3.8, 4) is 0 Å². The number of nitro groups is 1. The van der Waals surface area contributed by atoms with Crippen LogP contribution >= 0.6 is 0 Å². The molecule has 9 heteroatoms. The van der Waals surface area contributed by atoms with E-state index in [1.54, 1.807) is 18.2 Å². The third-order valence-electron chi connectivity index (χ3n) is 8.76. The van der Waals surface area contributed by atoms with E-state index in [-0.39, 0.29) is 22.9 Å². The third-order valence-corrected chi connectivity index (χ3v) is 8.76. The van der Waals surface area contributed by atoms with Crippen molar-refractivity contribution in [2.24, 2.45) is 5.92 Å². The zero-order chi connectivity index (χ0) is 29.2. The number of para-hydroxylation sites is 2. The van der Waals surface area contributed by atoms with Crippen molar-refractivity contribution in [2.45, 2.75) is 24.4 Å². The number of nitro benzene ring substituents is 1. The smallest absolute Gasteiger partial charge is 0.269 e. The van der Waals surface area contributed by atoms with Crippen LogP contribution in [0.3, 0.4) is 0 Å². The molecule has 1 spiro atoms. The van der Waals surface area contributed by atoms with Crippen LogP contribution in [0.2, 0.25) is 0 Å². The molecular formula is C33H24N4O5. The largest absolute Gasteiger partial charge is 0.352 e. The summed E-state index contributed by atoms with van der Waals surface area (Å²) in [4.78, 5) is 60.5. The second-order valence-electron chi connectivity index (χ2n) is 10.8. The number of hydrogen-bond donors (Lipinski definition) is 1. The van der Waals surface area contributed by atoms with Crippen LogP contribution in [0.1, 0.15) is 38.8 Å². The average molecular weight is 557 g/mol. The summed E-state index contributed by atoms with van der Waals surface area (Å²) in [5, 5.41) is 14.3. The van der Waals surface area contributed by atoms with Crippen molar-refractivity contribution in [3.63, 3.8) is 0 Å². The molecule has 1 amide bonds. The summed E-state index contributed by atoms with van der Waals surface area (Å²) >= 11 is 0. The van der Waals surface area contributed by atoms with E-state index in [1.807, 2.05) is 60.4 Å². The lowest BCUT2D eigenvalue weighted by Crippen LogP contribution is -2.51. The van der Waals surface area contributed by atoms with E-state index in [1.165, 1.54) is 36.7 Å². The number of nitrogens with one attached hydrogen (secondary N) is 1. The Bertz CT molecular complexity index is 1830. The number of anilines is 2. The van der Waals surface area contributed by atoms with Crippen LogP contribution in [0.4, 0.5) is 17.1 Å². The highest BCUT2D eigenvalue weighted by Crippen LogP contribution is 2.58. The normalized spacial score (nSPS) is 23.5. The highest BCUT2D eigenvalue weighted by molar-refractivity contribution is 6.18. The standard InChI is InChI=1S/C33H24N4O5/c1-19-18-27-33(24-7-3-4-8-25(24)35-32(33)40)28(30(38)21-14-16-34-17-15-21)29(36(27)26-9-5-2-6-23(19)26)31(39)20-10-12-22(13-11-20)37(41)42/h2-18,27-29H,1H3,(H,35,40)/t27-,28+,29-,33-/m0/s1. The lowest BCUT2D eigenvalue weighted by Gasteiger charge is -2.39. The van der Waals surface area contributed by atoms with Gasteiger partial charge in [0.05, 0.1) is 16.9 Å². The number of non-ortho nitro benzene ring substituents is 1. The van der Waals surface area contributed by atoms with E-state index in [0.717, 1.165) is 16.8 Å². The van der Waals surface area contributed by atoms with E-state index in [2.05, 4.69) is 10.3 Å². The second-order valence-corrected chi connectivity index (χ2v) is 10.8. The Morgan fingerprint density at radius 2 is 1.57 bits per heavy atom. The van der Waals surface area contributed by atoms with Gasteiger partial charge in [0, 0.05) is 52.6 Å². The Morgan fingerprint density at radius 3 is 2.31 bits per heavy atom. The van der Waals surface area contributed by atoms with E-state index in [0.29, 0.717) is 16.8 Å². The molecule has 0 saturated carbocycles. The molecule has 3 aliphatic rings. The minimum Gasteiger partial charge on any atom is -0.352 e. The van der Waals surface area contributed by atoms with Crippen LogP contribution in [-0.4, -0.2) is 39.5 Å². The summed E-state index contributed by atoms with van der Waals surface area (Å²) in [6.07, 6.45) is 5.01. The molecule has 1 aromatic heterocycles. The molecule has 3 aromatic carbocycles. The molecule has 7 rings (SSSR count). The minimum absolute atomic E-state index is 0.150. The van der Waals surface area contributed by atoms with E-state index in [4.69, 9.17) is 0 Å². The Hall–Kier alpha value is -5.44. The molecular weight excluding hydrogens is 532 g/mol. The van der Waals surface area contributed by atoms with Gasteiger partial charge in [0.2, 0.25) is 5.91 Å². The maximum absolute atomic E-state index is 14.7. The van der Waals surface area contributed by atoms with Crippen LogP contribution < -0.4 is 10.2 Å². The summed E-state index contributed by atoms with van der Waals surface area (Å²) in [5.41, 5.74) is 2.78. The molecule has 42 heavy (non-hydrogen) atoms. The van der Waals surface area contributed by atoms with Crippen LogP contribution in [0.5, 0.6) is 0 Å². The van der Waals surface area contributed by atoms with Crippen LogP contribution in [-0.2, 0) is 10.2 Å². The maximum Gasteiger partial charge on any atom is 0.269 e. The second kappa shape index (κ2) is 9.31. The number of pyridine rings is 1. The van der Waals surface area contributed by atoms with Gasteiger partial charge in [-0.2, -0.15) is 0 Å². The first-order valence-electron chi connectivity index (χ1n) is 13.5. The highest BCUT2D eigenvalue weighted by Gasteiger charge is 2.70. The number of aromatic nitrogens is 1. The first-order valence-corrected chi connectivity index (χ1v) is 13.5. The van der Waals surface area contributed by atoms with Gasteiger partial charge in [-0.1, -0.05) is 42.5 Å². The topological polar surface area (TPSA) is 123 Å². The highest BCUT2D eigenvalue weighted by atomic mass is 16.6. The lowest BCUT2D eigenvalue weighted by molar-refractivity contribution is -0.384. The molecule has 4 heterocycles. The number of fused-ring (bicyclic) bond motifs is 6. The molecule has 3 aliphatic heterocycles. The molecule has 1 N–H and O–H groups in total. The molecule has 0 bridgehead atoms. The zero-order valence-corrected chi connectivity index (χ0v) is 22.4. The van der Waals surface area contributed by atoms with Crippen LogP contribution in [0, 0.1) is 16.0 Å². The number of rotatable bonds is 5. The molecule has 1 fully saturated rings. The Morgan fingerprint density at radius 1 is 0.905 bits per heavy atom. The monoisotopic (exact) mass is 556 g/mol. The Labute approximate surface area is 240 Å². The summed E-state index contributed by atoms with van der Waals surface area (Å²) in [6.45, 7) is 1.97. The Balaban J connectivity index is 1.53. The van der Waals surface area contributed by atoms with Crippen LogP contribution in [0.25, 0.3) is 5.57 Å². The van der Waals surface area contributed by atoms with Crippen molar-refractivity contribution in [3.05, 3.63) is 136 Å². The number of Topliss-reactive ketones (excluding diaryl/α,β-unsaturated/α-hetero) is 2. The Kier molecular flexibility index (Phi) is 5.65. The van der Waals surface area contributed by atoms with Gasteiger partial charge in [0.25, 0.3) is 5.69 Å². The number of carbonyl (C=O) groups excluding carboxylic acids is 3. The molecule has 0 unspecified atom stereocenters. The van der Waals surface area contributed by atoms with E-state index in [9.17, 15) is 24.5 Å². The molecule has 0 radical (unpaired) electrons. The maximum atomic E-state index is 14.7. The van der Waals surface area contributed by atoms with Crippen molar-refractivity contribution in [1.29, 1.82) is 0 Å². The summed E-state index contributed by atoms with van der Waals surface area (Å²) in [5.74, 6) is -2.25. The number of ketones is 2. The first kappa shape index (κ1) is 25.5. The molecule has 206 valence electrons. The van der Waals surface area contributed by atoms with Crippen LogP contribution in [0.15, 0.2) is 103 Å². The summed E-state index contributed by atoms with van der Waals surface area (Å²) in [7, 11) is 0. The zero-order valence-electron chi connectivity index (χ0n) is 22.4. The number of hydrogen-bond acceptors (Lipinski definition) is 7. The van der Waals surface area contributed by atoms with Gasteiger partial charge in [0.1, 0.15) is 11.5 Å². The molecule has 4 atom stereocenters. The van der Waals surface area contributed by atoms with Gasteiger partial charge < -0.3 is 10.2 Å². The molecule has 9 nitrogen and oxygen atoms in total. The van der Waals surface area contributed by atoms with E-state index >= 15 is 0 Å². The van der Waals surface area contributed by atoms with E-state index < -0.39 is 34.1 Å². The molecule has 4 aromatic rings. The average Bonchev–Trinajstić information content (AvgIpc) is 3.49. The van der Waals surface area contributed by atoms with Gasteiger partial charge >= 0.3 is 0 Å². The molecule has 0 aliphatic carbocycles. The third kappa shape index (κ3) is 3.43. The van der Waals surface area contributed by atoms with Crippen molar-refractivity contribution < 1.29 is 19.3 Å². The van der Waals surface area contributed by atoms with Gasteiger partial charge in [-0.25, -0.2) is 0 Å². The van der Waals surface area contributed by atoms with Gasteiger partial charge in [0.15, 0.2) is 11.6 Å². The fraction of sp³-hybridized carbons (Fsp3) is 0.152. The number of benzene rings is 3. The fourth-order valence-electron chi connectivity index (χ4n) is 7.00. The number of amides is 1. The lowest BCUT2D eigenvalue weighted by atomic mass is 9.64. The number of carbonyl (C=O) groups is 3. The van der Waals surface area contributed by atoms with Gasteiger partial charge in [-0.05, 0) is 54.5 Å². The van der Waals surface area contributed by atoms with Gasteiger partial charge in [-0.3, -0.25) is 29.5 Å². The predicted octanol–water partition coefficient (Wildman–Crippen LogP) is 5.24. The SMILES string of the molecule is CC1=C[C@@H]2N(c3ccccc31)[C@H](C(=O)c1ccc([N+](=O)[O-])cc1)[C@H](C(=O)c1ccncc1)[C@@]21C(=O)Nc2ccccc21. The van der Waals surface area contributed by atoms with Crippen molar-refractivity contribution in [1.82, 2.24) is 4.98 Å². The fourth-order valence-corrected chi connectivity index (χ4v) is 7.00. The van der Waals surface area contributed by atoms with Crippen molar-refractivity contribution in [2.75, 3.05) is 10.2 Å². The first-order chi connectivity index (χ1) is 20.3. The minimum atomic E-state index is -1.44. The summed E-state index contributed by atoms with van der Waals surface area (Å²) in [6, 6.07) is 21.7. The molecule has 1 saturated heterocycles. The number of allylic oxidation sites excluding steroid dienone is 1. The number of nitrogens with zero attached hydrogens (tertiary/aromatic N) is 3. The quantitative estimate of drug-likeness (QED) is 0.203. The van der Waals surface area contributed by atoms with Crippen molar-refractivity contribution >= 4 is 40.1 Å². The summed E-state index contributed by atoms with van der Waals surface area (Å²) < 4.78 is 0. The predicted molar refractivity (Wildman–Crippen MR) is 156 cm³/mol. The van der Waals surface area contributed by atoms with Gasteiger partial charge in [-0.15, -0.1) is 0 Å².